The molecule has 0 N–H and O–H groups in total. The first-order chi connectivity index (χ1) is 13.8. The fraction of sp³-hybridized carbons (Fsp3) is 0.273. The van der Waals surface area contributed by atoms with Gasteiger partial charge in [-0.2, -0.15) is 4.37 Å². The normalized spacial score (nSPS) is 15.4. The largest absolute Gasteiger partial charge is 0.344 e. The van der Waals surface area contributed by atoms with E-state index in [1.807, 2.05) is 6.07 Å². The number of halogens is 1. The third-order valence-electron chi connectivity index (χ3n) is 4.85. The standard InChI is InChI=1S/C22H23FN4S/c23-20-10-8-19(9-11-20)17-21-24-22(28-25-21)27-15-13-26(14-16-27)12-4-7-18-5-2-1-3-6-18/h1-11H,12-17H2/b7-4+. The molecule has 1 aromatic heterocycles. The molecule has 2 heterocycles. The van der Waals surface area contributed by atoms with Crippen LogP contribution in [0.4, 0.5) is 9.52 Å². The van der Waals surface area contributed by atoms with Gasteiger partial charge < -0.3 is 4.90 Å². The summed E-state index contributed by atoms with van der Waals surface area (Å²) in [6.07, 6.45) is 5.05. The molecule has 28 heavy (non-hydrogen) atoms. The minimum absolute atomic E-state index is 0.216. The third-order valence-corrected chi connectivity index (χ3v) is 5.66. The van der Waals surface area contributed by atoms with Crippen LogP contribution in [-0.2, 0) is 6.42 Å². The minimum Gasteiger partial charge on any atom is -0.344 e. The van der Waals surface area contributed by atoms with Gasteiger partial charge in [-0.1, -0.05) is 54.6 Å². The molecule has 0 radical (unpaired) electrons. The van der Waals surface area contributed by atoms with Gasteiger partial charge in [-0.15, -0.1) is 0 Å². The molecule has 1 aliphatic rings. The Kier molecular flexibility index (Phi) is 6.09. The predicted molar refractivity (Wildman–Crippen MR) is 113 cm³/mol. The molecule has 0 amide bonds. The highest BCUT2D eigenvalue weighted by Crippen LogP contribution is 2.20. The van der Waals surface area contributed by atoms with Crippen molar-refractivity contribution in [2.24, 2.45) is 0 Å². The maximum atomic E-state index is 13.0. The molecular formula is C22H23FN4S. The predicted octanol–water partition coefficient (Wildman–Crippen LogP) is 4.10. The minimum atomic E-state index is -0.216. The van der Waals surface area contributed by atoms with Gasteiger partial charge in [0.25, 0.3) is 0 Å². The number of piperazine rings is 1. The molecule has 1 saturated heterocycles. The van der Waals surface area contributed by atoms with Crippen LogP contribution in [0.3, 0.4) is 0 Å². The van der Waals surface area contributed by atoms with Crippen LogP contribution in [0, 0.1) is 5.82 Å². The highest BCUT2D eigenvalue weighted by Gasteiger charge is 2.19. The van der Waals surface area contributed by atoms with Crippen LogP contribution in [0.5, 0.6) is 0 Å². The van der Waals surface area contributed by atoms with E-state index in [-0.39, 0.29) is 5.82 Å². The van der Waals surface area contributed by atoms with Gasteiger partial charge in [0.2, 0.25) is 5.13 Å². The number of anilines is 1. The molecule has 1 aliphatic heterocycles. The molecule has 0 unspecified atom stereocenters. The molecule has 1 fully saturated rings. The highest BCUT2D eigenvalue weighted by atomic mass is 32.1. The number of benzene rings is 2. The van der Waals surface area contributed by atoms with Gasteiger partial charge in [0.15, 0.2) is 0 Å². The lowest BCUT2D eigenvalue weighted by Crippen LogP contribution is -2.46. The average molecular weight is 395 g/mol. The fourth-order valence-electron chi connectivity index (χ4n) is 3.25. The van der Waals surface area contributed by atoms with Crippen molar-refractivity contribution in [1.29, 1.82) is 0 Å². The Balaban J connectivity index is 1.26. The van der Waals surface area contributed by atoms with Crippen molar-refractivity contribution in [2.45, 2.75) is 6.42 Å². The Labute approximate surface area is 169 Å². The van der Waals surface area contributed by atoms with Gasteiger partial charge in [0.1, 0.15) is 11.6 Å². The summed E-state index contributed by atoms with van der Waals surface area (Å²) in [7, 11) is 0. The van der Waals surface area contributed by atoms with Gasteiger partial charge in [-0.05, 0) is 23.3 Å². The van der Waals surface area contributed by atoms with Gasteiger partial charge in [-0.25, -0.2) is 9.37 Å². The molecule has 6 heteroatoms. The summed E-state index contributed by atoms with van der Waals surface area (Å²) in [6.45, 7) is 4.93. The molecule has 0 saturated carbocycles. The van der Waals surface area contributed by atoms with E-state index in [1.54, 1.807) is 12.1 Å². The van der Waals surface area contributed by atoms with Gasteiger partial charge >= 0.3 is 0 Å². The van der Waals surface area contributed by atoms with Gasteiger partial charge in [0, 0.05) is 50.7 Å². The third kappa shape index (κ3) is 5.03. The number of aromatic nitrogens is 2. The van der Waals surface area contributed by atoms with Crippen molar-refractivity contribution in [3.63, 3.8) is 0 Å². The molecule has 4 nitrogen and oxygen atoms in total. The maximum absolute atomic E-state index is 13.0. The smallest absolute Gasteiger partial charge is 0.205 e. The summed E-state index contributed by atoms with van der Waals surface area (Å²) in [5.41, 5.74) is 2.27. The topological polar surface area (TPSA) is 32.3 Å². The van der Waals surface area contributed by atoms with Crippen molar-refractivity contribution in [3.8, 4) is 0 Å². The van der Waals surface area contributed by atoms with Crippen molar-refractivity contribution >= 4 is 22.7 Å². The van der Waals surface area contributed by atoms with Crippen molar-refractivity contribution in [1.82, 2.24) is 14.3 Å². The Morgan fingerprint density at radius 2 is 1.71 bits per heavy atom. The first-order valence-corrected chi connectivity index (χ1v) is 10.3. The zero-order valence-electron chi connectivity index (χ0n) is 15.7. The zero-order valence-corrected chi connectivity index (χ0v) is 16.5. The van der Waals surface area contributed by atoms with E-state index in [0.717, 1.165) is 49.2 Å². The van der Waals surface area contributed by atoms with Crippen LogP contribution in [-0.4, -0.2) is 47.0 Å². The summed E-state index contributed by atoms with van der Waals surface area (Å²) >= 11 is 1.45. The van der Waals surface area contributed by atoms with E-state index < -0.39 is 0 Å². The molecule has 0 bridgehead atoms. The second-order valence-corrected chi connectivity index (χ2v) is 7.63. The van der Waals surface area contributed by atoms with E-state index in [4.69, 9.17) is 0 Å². The van der Waals surface area contributed by atoms with Crippen LogP contribution in [0.15, 0.2) is 60.7 Å². The first-order valence-electron chi connectivity index (χ1n) is 9.52. The Morgan fingerprint density at radius 1 is 0.964 bits per heavy atom. The molecule has 0 aliphatic carbocycles. The second kappa shape index (κ2) is 9.08. The summed E-state index contributed by atoms with van der Waals surface area (Å²) in [5.74, 6) is 0.590. The summed E-state index contributed by atoms with van der Waals surface area (Å²) < 4.78 is 17.5. The van der Waals surface area contributed by atoms with Crippen LogP contribution in [0.25, 0.3) is 6.08 Å². The van der Waals surface area contributed by atoms with Crippen LogP contribution < -0.4 is 4.90 Å². The highest BCUT2D eigenvalue weighted by molar-refractivity contribution is 7.09. The fourth-order valence-corrected chi connectivity index (χ4v) is 3.99. The Bertz CT molecular complexity index is 900. The van der Waals surface area contributed by atoms with E-state index in [9.17, 15) is 4.39 Å². The van der Waals surface area contributed by atoms with Gasteiger partial charge in [-0.3, -0.25) is 4.90 Å². The summed E-state index contributed by atoms with van der Waals surface area (Å²) in [4.78, 5) is 9.45. The molecule has 0 spiro atoms. The number of hydrogen-bond donors (Lipinski definition) is 0. The van der Waals surface area contributed by atoms with E-state index in [1.165, 1.54) is 29.2 Å². The zero-order chi connectivity index (χ0) is 19.2. The number of nitrogens with zero attached hydrogens (tertiary/aromatic N) is 4. The first kappa shape index (κ1) is 18.8. The number of rotatable bonds is 6. The molecule has 2 aromatic carbocycles. The maximum Gasteiger partial charge on any atom is 0.205 e. The van der Waals surface area contributed by atoms with E-state index >= 15 is 0 Å². The quantitative estimate of drug-likeness (QED) is 0.630. The van der Waals surface area contributed by atoms with E-state index in [2.05, 4.69) is 55.6 Å². The number of hydrogen-bond acceptors (Lipinski definition) is 5. The van der Waals surface area contributed by atoms with Crippen LogP contribution >= 0.6 is 11.5 Å². The Hall–Kier alpha value is -2.57. The lowest BCUT2D eigenvalue weighted by molar-refractivity contribution is 0.284. The molecule has 3 aromatic rings. The van der Waals surface area contributed by atoms with Crippen molar-refractivity contribution in [3.05, 3.63) is 83.4 Å². The summed E-state index contributed by atoms with van der Waals surface area (Å²) in [6, 6.07) is 16.9. The van der Waals surface area contributed by atoms with Crippen molar-refractivity contribution in [2.75, 3.05) is 37.6 Å². The van der Waals surface area contributed by atoms with E-state index in [0.29, 0.717) is 6.42 Å². The second-order valence-electron chi connectivity index (χ2n) is 6.90. The molecular weight excluding hydrogens is 371 g/mol. The lowest BCUT2D eigenvalue weighted by Gasteiger charge is -2.33. The molecule has 0 atom stereocenters. The summed E-state index contributed by atoms with van der Waals surface area (Å²) in [5, 5.41) is 0.983. The monoisotopic (exact) mass is 394 g/mol. The molecule has 144 valence electrons. The SMILES string of the molecule is Fc1ccc(Cc2nsc(N3CCN(C/C=C/c4ccccc4)CC3)n2)cc1. The van der Waals surface area contributed by atoms with Crippen molar-refractivity contribution < 1.29 is 4.39 Å². The lowest BCUT2D eigenvalue weighted by atomic mass is 10.1. The van der Waals surface area contributed by atoms with Crippen LogP contribution in [0.1, 0.15) is 17.0 Å². The Morgan fingerprint density at radius 3 is 2.46 bits per heavy atom. The molecule has 4 rings (SSSR count). The average Bonchev–Trinajstić information content (AvgIpc) is 3.20. The van der Waals surface area contributed by atoms with Gasteiger partial charge in [0.05, 0.1) is 0 Å². The van der Waals surface area contributed by atoms with Crippen LogP contribution in [0.2, 0.25) is 0 Å².